The standard InChI is InChI=1S/C15H14BrNO3S/c1-9-4-2-5-10(14(9)16)15(20)17-11(8-13(18)19)12-6-3-7-21-12/h2-7,11H,8H2,1H3,(H,17,20)(H,18,19). The number of amides is 1. The van der Waals surface area contributed by atoms with Gasteiger partial charge in [0.2, 0.25) is 0 Å². The highest BCUT2D eigenvalue weighted by Gasteiger charge is 2.21. The first-order chi connectivity index (χ1) is 9.99. The van der Waals surface area contributed by atoms with Crippen molar-refractivity contribution in [2.24, 2.45) is 0 Å². The van der Waals surface area contributed by atoms with Crippen LogP contribution in [0.2, 0.25) is 0 Å². The highest BCUT2D eigenvalue weighted by Crippen LogP contribution is 2.25. The second-order valence-electron chi connectivity index (χ2n) is 4.58. The van der Waals surface area contributed by atoms with Gasteiger partial charge in [-0.15, -0.1) is 11.3 Å². The number of hydrogen-bond donors (Lipinski definition) is 2. The van der Waals surface area contributed by atoms with Crippen LogP contribution in [0, 0.1) is 6.92 Å². The average molecular weight is 368 g/mol. The average Bonchev–Trinajstić information content (AvgIpc) is 2.94. The van der Waals surface area contributed by atoms with E-state index in [0.717, 1.165) is 14.9 Å². The first kappa shape index (κ1) is 15.7. The fourth-order valence-corrected chi connectivity index (χ4v) is 3.17. The Morgan fingerprint density at radius 2 is 2.10 bits per heavy atom. The zero-order valence-electron chi connectivity index (χ0n) is 11.3. The first-order valence-corrected chi connectivity index (χ1v) is 7.97. The van der Waals surface area contributed by atoms with Crippen LogP contribution in [0.3, 0.4) is 0 Å². The van der Waals surface area contributed by atoms with E-state index >= 15 is 0 Å². The molecule has 0 saturated carbocycles. The number of aliphatic carboxylic acids is 1. The molecule has 2 rings (SSSR count). The maximum Gasteiger partial charge on any atom is 0.305 e. The first-order valence-electron chi connectivity index (χ1n) is 6.30. The Morgan fingerprint density at radius 3 is 2.71 bits per heavy atom. The quantitative estimate of drug-likeness (QED) is 0.845. The zero-order valence-corrected chi connectivity index (χ0v) is 13.7. The van der Waals surface area contributed by atoms with Gasteiger partial charge in [-0.2, -0.15) is 0 Å². The van der Waals surface area contributed by atoms with E-state index in [2.05, 4.69) is 21.2 Å². The van der Waals surface area contributed by atoms with Crippen LogP contribution in [0.1, 0.15) is 33.3 Å². The zero-order chi connectivity index (χ0) is 15.4. The Bertz CT molecular complexity index is 655. The molecule has 4 nitrogen and oxygen atoms in total. The fraction of sp³-hybridized carbons (Fsp3) is 0.200. The van der Waals surface area contributed by atoms with Gasteiger partial charge in [0.1, 0.15) is 0 Å². The Labute approximate surface area is 134 Å². The summed E-state index contributed by atoms with van der Waals surface area (Å²) in [5, 5.41) is 13.7. The largest absolute Gasteiger partial charge is 0.481 e. The number of rotatable bonds is 5. The van der Waals surface area contributed by atoms with Crippen LogP contribution >= 0.6 is 27.3 Å². The van der Waals surface area contributed by atoms with Gasteiger partial charge in [0.05, 0.1) is 18.0 Å². The molecule has 1 amide bonds. The number of thiophene rings is 1. The third-order valence-corrected chi connectivity index (χ3v) is 5.05. The number of hydrogen-bond acceptors (Lipinski definition) is 3. The van der Waals surface area contributed by atoms with E-state index in [1.54, 1.807) is 12.1 Å². The molecule has 6 heteroatoms. The number of halogens is 1. The van der Waals surface area contributed by atoms with E-state index in [0.29, 0.717) is 5.56 Å². The van der Waals surface area contributed by atoms with E-state index in [1.165, 1.54) is 11.3 Å². The van der Waals surface area contributed by atoms with Crippen LogP contribution < -0.4 is 5.32 Å². The SMILES string of the molecule is Cc1cccc(C(=O)NC(CC(=O)O)c2cccs2)c1Br. The number of aryl methyl sites for hydroxylation is 1. The summed E-state index contributed by atoms with van der Waals surface area (Å²) in [6.07, 6.45) is -0.143. The molecular weight excluding hydrogens is 354 g/mol. The molecule has 1 aromatic heterocycles. The smallest absolute Gasteiger partial charge is 0.305 e. The highest BCUT2D eigenvalue weighted by molar-refractivity contribution is 9.10. The normalized spacial score (nSPS) is 11.9. The maximum absolute atomic E-state index is 12.4. The van der Waals surface area contributed by atoms with Gasteiger partial charge in [-0.1, -0.05) is 18.2 Å². The third-order valence-electron chi connectivity index (χ3n) is 3.01. The van der Waals surface area contributed by atoms with E-state index in [9.17, 15) is 9.59 Å². The second kappa shape index (κ2) is 6.87. The lowest BCUT2D eigenvalue weighted by atomic mass is 10.1. The van der Waals surface area contributed by atoms with Crippen LogP contribution in [0.5, 0.6) is 0 Å². The lowest BCUT2D eigenvalue weighted by Crippen LogP contribution is -2.30. The summed E-state index contributed by atoms with van der Waals surface area (Å²) in [5.74, 6) is -1.23. The molecule has 0 spiro atoms. The number of benzene rings is 1. The van der Waals surface area contributed by atoms with Gasteiger partial charge in [0.25, 0.3) is 5.91 Å². The Hall–Kier alpha value is -1.66. The van der Waals surface area contributed by atoms with Crippen LogP contribution in [0.4, 0.5) is 0 Å². The molecule has 0 aliphatic heterocycles. The minimum Gasteiger partial charge on any atom is -0.481 e. The highest BCUT2D eigenvalue weighted by atomic mass is 79.9. The summed E-state index contributed by atoms with van der Waals surface area (Å²) in [4.78, 5) is 24.2. The maximum atomic E-state index is 12.4. The van der Waals surface area contributed by atoms with Crippen LogP contribution in [-0.2, 0) is 4.79 Å². The van der Waals surface area contributed by atoms with Crippen molar-refractivity contribution in [3.63, 3.8) is 0 Å². The fourth-order valence-electron chi connectivity index (χ4n) is 1.95. The lowest BCUT2D eigenvalue weighted by molar-refractivity contribution is -0.137. The van der Waals surface area contributed by atoms with Crippen molar-refractivity contribution in [3.05, 3.63) is 56.2 Å². The van der Waals surface area contributed by atoms with Crippen molar-refractivity contribution in [3.8, 4) is 0 Å². The van der Waals surface area contributed by atoms with Gasteiger partial charge in [-0.3, -0.25) is 9.59 Å². The molecule has 0 fully saturated rings. The Morgan fingerprint density at radius 1 is 1.33 bits per heavy atom. The van der Waals surface area contributed by atoms with Crippen LogP contribution in [-0.4, -0.2) is 17.0 Å². The van der Waals surface area contributed by atoms with Gasteiger partial charge in [-0.25, -0.2) is 0 Å². The molecule has 0 saturated heterocycles. The molecule has 1 heterocycles. The molecule has 2 aromatic rings. The molecule has 1 aromatic carbocycles. The van der Waals surface area contributed by atoms with E-state index in [1.807, 2.05) is 30.5 Å². The summed E-state index contributed by atoms with van der Waals surface area (Å²) in [6.45, 7) is 1.90. The number of carboxylic acids is 1. The van der Waals surface area contributed by atoms with Crippen molar-refractivity contribution < 1.29 is 14.7 Å². The van der Waals surface area contributed by atoms with Gasteiger partial charge in [0.15, 0.2) is 0 Å². The molecule has 0 aliphatic rings. The monoisotopic (exact) mass is 367 g/mol. The number of carbonyl (C=O) groups is 2. The molecule has 2 N–H and O–H groups in total. The molecule has 1 atom stereocenters. The summed E-state index contributed by atoms with van der Waals surface area (Å²) in [5.41, 5.74) is 1.45. The lowest BCUT2D eigenvalue weighted by Gasteiger charge is -2.16. The third kappa shape index (κ3) is 3.92. The van der Waals surface area contributed by atoms with Crippen molar-refractivity contribution in [2.75, 3.05) is 0 Å². The predicted molar refractivity (Wildman–Crippen MR) is 85.7 cm³/mol. The Balaban J connectivity index is 2.22. The topological polar surface area (TPSA) is 66.4 Å². The van der Waals surface area contributed by atoms with Gasteiger partial charge < -0.3 is 10.4 Å². The van der Waals surface area contributed by atoms with Crippen molar-refractivity contribution in [1.29, 1.82) is 0 Å². The Kier molecular flexibility index (Phi) is 5.14. The van der Waals surface area contributed by atoms with E-state index in [4.69, 9.17) is 5.11 Å². The summed E-state index contributed by atoms with van der Waals surface area (Å²) in [7, 11) is 0. The summed E-state index contributed by atoms with van der Waals surface area (Å²) >= 11 is 4.82. The van der Waals surface area contributed by atoms with Crippen molar-refractivity contribution in [1.82, 2.24) is 5.32 Å². The second-order valence-corrected chi connectivity index (χ2v) is 6.35. The van der Waals surface area contributed by atoms with Gasteiger partial charge in [0, 0.05) is 9.35 Å². The molecule has 0 radical (unpaired) electrons. The van der Waals surface area contributed by atoms with Gasteiger partial charge in [-0.05, 0) is 45.9 Å². The van der Waals surface area contributed by atoms with Crippen LogP contribution in [0.15, 0.2) is 40.2 Å². The number of carbonyl (C=O) groups excluding carboxylic acids is 1. The molecule has 21 heavy (non-hydrogen) atoms. The molecule has 110 valence electrons. The number of carboxylic acid groups (broad SMARTS) is 1. The molecule has 1 unspecified atom stereocenters. The van der Waals surface area contributed by atoms with Crippen LogP contribution in [0.25, 0.3) is 0 Å². The number of nitrogens with one attached hydrogen (secondary N) is 1. The minimum absolute atomic E-state index is 0.143. The molecule has 0 bridgehead atoms. The van der Waals surface area contributed by atoms with Crippen molar-refractivity contribution in [2.45, 2.75) is 19.4 Å². The van der Waals surface area contributed by atoms with E-state index in [-0.39, 0.29) is 12.3 Å². The van der Waals surface area contributed by atoms with E-state index < -0.39 is 12.0 Å². The van der Waals surface area contributed by atoms with Crippen molar-refractivity contribution >= 4 is 39.1 Å². The molecule has 0 aliphatic carbocycles. The summed E-state index contributed by atoms with van der Waals surface area (Å²) in [6, 6.07) is 8.54. The predicted octanol–water partition coefficient (Wildman–Crippen LogP) is 3.76. The molecular formula is C15H14BrNO3S. The summed E-state index contributed by atoms with van der Waals surface area (Å²) < 4.78 is 0.725. The van der Waals surface area contributed by atoms with Gasteiger partial charge >= 0.3 is 5.97 Å². The minimum atomic E-state index is -0.947.